The third-order valence-corrected chi connectivity index (χ3v) is 3.50. The molecule has 0 aliphatic carbocycles. The highest BCUT2D eigenvalue weighted by molar-refractivity contribution is 5.79. The molecule has 0 saturated carbocycles. The van der Waals surface area contributed by atoms with E-state index in [1.807, 2.05) is 61.5 Å². The number of pyridine rings is 1. The third-order valence-electron chi connectivity index (χ3n) is 3.50. The first-order valence-corrected chi connectivity index (χ1v) is 7.50. The molecule has 0 fully saturated rings. The number of hydrogen-bond acceptors (Lipinski definition) is 3. The average Bonchev–Trinajstić information content (AvgIpc) is 2.58. The molecule has 1 aromatic heterocycles. The number of carbonyl (C=O) groups excluding carboxylic acids is 1. The van der Waals surface area contributed by atoms with Gasteiger partial charge in [-0.15, -0.1) is 0 Å². The van der Waals surface area contributed by atoms with Crippen molar-refractivity contribution in [3.63, 3.8) is 0 Å². The van der Waals surface area contributed by atoms with Gasteiger partial charge in [0.1, 0.15) is 5.75 Å². The van der Waals surface area contributed by atoms with Gasteiger partial charge in [-0.2, -0.15) is 0 Å². The number of amides is 1. The molecule has 0 saturated heterocycles. The molecule has 0 aliphatic rings. The largest absolute Gasteiger partial charge is 0.484 e. The zero-order valence-corrected chi connectivity index (χ0v) is 13.0. The minimum absolute atomic E-state index is 0.00443. The Morgan fingerprint density at radius 3 is 2.87 bits per heavy atom. The Balaban J connectivity index is 1.53. The maximum Gasteiger partial charge on any atom is 0.258 e. The zero-order chi connectivity index (χ0) is 16.1. The Labute approximate surface area is 135 Å². The first-order valence-electron chi connectivity index (χ1n) is 7.50. The van der Waals surface area contributed by atoms with Crippen LogP contribution in [-0.2, 0) is 11.3 Å². The summed E-state index contributed by atoms with van der Waals surface area (Å²) >= 11 is 0. The van der Waals surface area contributed by atoms with E-state index < -0.39 is 0 Å². The van der Waals surface area contributed by atoms with Gasteiger partial charge in [-0.3, -0.25) is 9.78 Å². The highest BCUT2D eigenvalue weighted by Crippen LogP contribution is 2.13. The Morgan fingerprint density at radius 2 is 2.00 bits per heavy atom. The molecule has 0 atom stereocenters. The number of aryl methyl sites for hydroxylation is 1. The molecule has 0 bridgehead atoms. The van der Waals surface area contributed by atoms with Crippen molar-refractivity contribution in [3.8, 4) is 5.75 Å². The van der Waals surface area contributed by atoms with Gasteiger partial charge in [0.2, 0.25) is 0 Å². The Kier molecular flexibility index (Phi) is 4.52. The van der Waals surface area contributed by atoms with Crippen LogP contribution in [0.5, 0.6) is 5.75 Å². The van der Waals surface area contributed by atoms with Crippen molar-refractivity contribution < 1.29 is 9.53 Å². The minimum Gasteiger partial charge on any atom is -0.484 e. The molecule has 3 aromatic rings. The summed E-state index contributed by atoms with van der Waals surface area (Å²) < 4.78 is 5.48. The van der Waals surface area contributed by atoms with Crippen LogP contribution in [-0.4, -0.2) is 17.5 Å². The first-order chi connectivity index (χ1) is 11.2. The van der Waals surface area contributed by atoms with E-state index in [-0.39, 0.29) is 12.5 Å². The SMILES string of the molecule is Cc1cccc(OCC(=O)NCc2cnc3ccccc3c2)c1. The highest BCUT2D eigenvalue weighted by Gasteiger charge is 2.04. The van der Waals surface area contributed by atoms with Crippen LogP contribution in [0, 0.1) is 6.92 Å². The van der Waals surface area contributed by atoms with Crippen LogP contribution in [0.25, 0.3) is 10.9 Å². The average molecular weight is 306 g/mol. The number of carbonyl (C=O) groups is 1. The fourth-order valence-electron chi connectivity index (χ4n) is 2.32. The minimum atomic E-state index is -0.153. The van der Waals surface area contributed by atoms with Gasteiger partial charge in [0, 0.05) is 18.1 Å². The van der Waals surface area contributed by atoms with Gasteiger partial charge in [0.15, 0.2) is 6.61 Å². The number of fused-ring (bicyclic) bond motifs is 1. The van der Waals surface area contributed by atoms with E-state index in [1.165, 1.54) is 0 Å². The van der Waals surface area contributed by atoms with Gasteiger partial charge in [0.25, 0.3) is 5.91 Å². The molecule has 116 valence electrons. The van der Waals surface area contributed by atoms with Crippen molar-refractivity contribution >= 4 is 16.8 Å². The van der Waals surface area contributed by atoms with Gasteiger partial charge in [-0.1, -0.05) is 30.3 Å². The first kappa shape index (κ1) is 15.0. The van der Waals surface area contributed by atoms with E-state index in [4.69, 9.17) is 4.74 Å². The summed E-state index contributed by atoms with van der Waals surface area (Å²) in [6.07, 6.45) is 1.78. The van der Waals surface area contributed by atoms with Crippen LogP contribution >= 0.6 is 0 Å². The number of benzene rings is 2. The van der Waals surface area contributed by atoms with Crippen molar-refractivity contribution in [2.24, 2.45) is 0 Å². The molecule has 0 unspecified atom stereocenters. The number of nitrogens with one attached hydrogen (secondary N) is 1. The number of hydrogen-bond donors (Lipinski definition) is 1. The number of para-hydroxylation sites is 1. The summed E-state index contributed by atoms with van der Waals surface area (Å²) in [6.45, 7) is 2.43. The van der Waals surface area contributed by atoms with Crippen LogP contribution in [0.3, 0.4) is 0 Å². The molecule has 4 heteroatoms. The zero-order valence-electron chi connectivity index (χ0n) is 13.0. The van der Waals surface area contributed by atoms with E-state index in [2.05, 4.69) is 10.3 Å². The van der Waals surface area contributed by atoms with Crippen molar-refractivity contribution in [1.29, 1.82) is 0 Å². The van der Waals surface area contributed by atoms with Gasteiger partial charge in [0.05, 0.1) is 5.52 Å². The Hall–Kier alpha value is -2.88. The van der Waals surface area contributed by atoms with E-state index in [0.29, 0.717) is 12.3 Å². The molecule has 0 spiro atoms. The van der Waals surface area contributed by atoms with E-state index >= 15 is 0 Å². The second kappa shape index (κ2) is 6.92. The summed E-state index contributed by atoms with van der Waals surface area (Å²) in [6, 6.07) is 17.6. The van der Waals surface area contributed by atoms with E-state index in [1.54, 1.807) is 6.20 Å². The fourth-order valence-corrected chi connectivity index (χ4v) is 2.32. The predicted octanol–water partition coefficient (Wildman–Crippen LogP) is 3.24. The second-order valence-corrected chi connectivity index (χ2v) is 5.42. The van der Waals surface area contributed by atoms with Crippen LogP contribution in [0.15, 0.2) is 60.8 Å². The number of ether oxygens (including phenoxy) is 1. The molecule has 2 aromatic carbocycles. The molecular weight excluding hydrogens is 288 g/mol. The van der Waals surface area contributed by atoms with Gasteiger partial charge in [-0.25, -0.2) is 0 Å². The van der Waals surface area contributed by atoms with E-state index in [9.17, 15) is 4.79 Å². The van der Waals surface area contributed by atoms with Crippen LogP contribution < -0.4 is 10.1 Å². The lowest BCUT2D eigenvalue weighted by Gasteiger charge is -2.08. The molecule has 23 heavy (non-hydrogen) atoms. The highest BCUT2D eigenvalue weighted by atomic mass is 16.5. The topological polar surface area (TPSA) is 51.2 Å². The Morgan fingerprint density at radius 1 is 1.13 bits per heavy atom. The summed E-state index contributed by atoms with van der Waals surface area (Å²) in [5.74, 6) is 0.548. The quantitative estimate of drug-likeness (QED) is 0.787. The number of aromatic nitrogens is 1. The number of nitrogens with zero attached hydrogens (tertiary/aromatic N) is 1. The molecule has 1 heterocycles. The molecule has 0 radical (unpaired) electrons. The molecule has 1 N–H and O–H groups in total. The lowest BCUT2D eigenvalue weighted by Crippen LogP contribution is -2.28. The number of rotatable bonds is 5. The normalized spacial score (nSPS) is 10.5. The van der Waals surface area contributed by atoms with Crippen LogP contribution in [0.1, 0.15) is 11.1 Å². The second-order valence-electron chi connectivity index (χ2n) is 5.42. The summed E-state index contributed by atoms with van der Waals surface area (Å²) in [5.41, 5.74) is 3.02. The predicted molar refractivity (Wildman–Crippen MR) is 90.3 cm³/mol. The fraction of sp³-hybridized carbons (Fsp3) is 0.158. The smallest absolute Gasteiger partial charge is 0.258 e. The molecule has 3 rings (SSSR count). The molecular formula is C19H18N2O2. The van der Waals surface area contributed by atoms with Crippen molar-refractivity contribution in [3.05, 3.63) is 71.9 Å². The maximum atomic E-state index is 11.9. The van der Waals surface area contributed by atoms with Crippen molar-refractivity contribution in [2.75, 3.05) is 6.61 Å². The van der Waals surface area contributed by atoms with Gasteiger partial charge in [-0.05, 0) is 42.3 Å². The van der Waals surface area contributed by atoms with E-state index in [0.717, 1.165) is 22.0 Å². The third kappa shape index (κ3) is 4.07. The maximum absolute atomic E-state index is 11.9. The lowest BCUT2D eigenvalue weighted by molar-refractivity contribution is -0.123. The lowest BCUT2D eigenvalue weighted by atomic mass is 10.1. The molecule has 0 aliphatic heterocycles. The monoisotopic (exact) mass is 306 g/mol. The van der Waals surface area contributed by atoms with Gasteiger partial charge >= 0.3 is 0 Å². The van der Waals surface area contributed by atoms with Crippen LogP contribution in [0.4, 0.5) is 0 Å². The van der Waals surface area contributed by atoms with Crippen molar-refractivity contribution in [2.45, 2.75) is 13.5 Å². The standard InChI is InChI=1S/C19H18N2O2/c1-14-5-4-7-17(9-14)23-13-19(22)21-12-15-10-16-6-2-3-8-18(16)20-11-15/h2-11H,12-13H2,1H3,(H,21,22). The van der Waals surface area contributed by atoms with Gasteiger partial charge < -0.3 is 10.1 Å². The molecule has 4 nitrogen and oxygen atoms in total. The van der Waals surface area contributed by atoms with Crippen LogP contribution in [0.2, 0.25) is 0 Å². The van der Waals surface area contributed by atoms with Crippen molar-refractivity contribution in [1.82, 2.24) is 10.3 Å². The Bertz CT molecular complexity index is 830. The summed E-state index contributed by atoms with van der Waals surface area (Å²) in [4.78, 5) is 16.3. The summed E-state index contributed by atoms with van der Waals surface area (Å²) in [7, 11) is 0. The molecule has 1 amide bonds. The summed E-state index contributed by atoms with van der Waals surface area (Å²) in [5, 5.41) is 3.91.